The van der Waals surface area contributed by atoms with Crippen LogP contribution < -0.4 is 10.5 Å². The molecule has 2 aromatic carbocycles. The van der Waals surface area contributed by atoms with E-state index in [0.29, 0.717) is 23.6 Å². The van der Waals surface area contributed by atoms with Crippen molar-refractivity contribution in [3.8, 4) is 16.9 Å². The van der Waals surface area contributed by atoms with E-state index in [9.17, 15) is 18.0 Å². The van der Waals surface area contributed by atoms with Crippen molar-refractivity contribution in [1.29, 1.82) is 0 Å². The highest BCUT2D eigenvalue weighted by Gasteiger charge is 2.31. The van der Waals surface area contributed by atoms with Crippen LogP contribution in [-0.4, -0.2) is 10.9 Å². The van der Waals surface area contributed by atoms with E-state index in [0.717, 1.165) is 17.5 Å². The molecule has 1 saturated carbocycles. The molecule has 0 amide bonds. The van der Waals surface area contributed by atoms with Gasteiger partial charge in [-0.1, -0.05) is 31.0 Å². The molecule has 3 aromatic rings. The van der Waals surface area contributed by atoms with Crippen LogP contribution in [0.15, 0.2) is 51.7 Å². The number of ether oxygens (including phenoxy) is 1. The highest BCUT2D eigenvalue weighted by Crippen LogP contribution is 2.33. The van der Waals surface area contributed by atoms with Crippen molar-refractivity contribution >= 4 is 11.1 Å². The van der Waals surface area contributed by atoms with Gasteiger partial charge in [0.05, 0.1) is 5.52 Å². The highest BCUT2D eigenvalue weighted by atomic mass is 19.4. The molecular formula is C19H16F3NO3. The van der Waals surface area contributed by atoms with E-state index in [-0.39, 0.29) is 11.5 Å². The van der Waals surface area contributed by atoms with Crippen molar-refractivity contribution in [2.45, 2.75) is 32.2 Å². The summed E-state index contributed by atoms with van der Waals surface area (Å²) in [5.74, 6) is 0.0370. The monoisotopic (exact) mass is 363 g/mol. The first kappa shape index (κ1) is 16.8. The third-order valence-electron chi connectivity index (χ3n) is 4.55. The lowest BCUT2D eigenvalue weighted by molar-refractivity contribution is -0.274. The number of alkyl halides is 3. The Morgan fingerprint density at radius 2 is 1.77 bits per heavy atom. The fourth-order valence-corrected chi connectivity index (χ4v) is 3.02. The molecule has 0 spiro atoms. The van der Waals surface area contributed by atoms with Crippen molar-refractivity contribution in [3.63, 3.8) is 0 Å². The predicted molar refractivity (Wildman–Crippen MR) is 89.9 cm³/mol. The summed E-state index contributed by atoms with van der Waals surface area (Å²) in [6, 6.07) is 10.9. The number of fused-ring (bicyclic) bond motifs is 1. The summed E-state index contributed by atoms with van der Waals surface area (Å²) in [6.07, 6.45) is -1.35. The van der Waals surface area contributed by atoms with E-state index in [2.05, 4.69) is 4.74 Å². The zero-order valence-electron chi connectivity index (χ0n) is 13.8. The van der Waals surface area contributed by atoms with Gasteiger partial charge in [0.1, 0.15) is 5.75 Å². The number of hydrogen-bond donors (Lipinski definition) is 0. The average molecular weight is 363 g/mol. The largest absolute Gasteiger partial charge is 0.573 e. The molecule has 26 heavy (non-hydrogen) atoms. The number of aromatic nitrogens is 1. The molecule has 4 nitrogen and oxygen atoms in total. The number of benzene rings is 2. The SMILES string of the molecule is O=c1oc2ccc(-c3ccc(OC(F)(F)F)cc3)cc2n1CCC1CC1. The Hall–Kier alpha value is -2.70. The normalized spacial score (nSPS) is 14.7. The maximum atomic E-state index is 12.3. The van der Waals surface area contributed by atoms with Crippen LogP contribution in [0.4, 0.5) is 13.2 Å². The van der Waals surface area contributed by atoms with Crippen LogP contribution in [0.25, 0.3) is 22.2 Å². The molecule has 7 heteroatoms. The third-order valence-corrected chi connectivity index (χ3v) is 4.55. The molecule has 1 fully saturated rings. The Bertz CT molecular complexity index is 982. The van der Waals surface area contributed by atoms with Crippen molar-refractivity contribution in [2.75, 3.05) is 0 Å². The summed E-state index contributed by atoms with van der Waals surface area (Å²) in [5, 5.41) is 0. The van der Waals surface area contributed by atoms with Crippen LogP contribution in [0, 0.1) is 5.92 Å². The second-order valence-electron chi connectivity index (χ2n) is 6.51. The number of hydrogen-bond acceptors (Lipinski definition) is 3. The van der Waals surface area contributed by atoms with Gasteiger partial charge in [0.25, 0.3) is 0 Å². The second-order valence-corrected chi connectivity index (χ2v) is 6.51. The molecule has 0 aliphatic heterocycles. The molecule has 0 atom stereocenters. The first-order chi connectivity index (χ1) is 12.4. The smallest absolute Gasteiger partial charge is 0.408 e. The van der Waals surface area contributed by atoms with E-state index >= 15 is 0 Å². The number of oxazole rings is 1. The van der Waals surface area contributed by atoms with E-state index in [1.54, 1.807) is 28.8 Å². The molecule has 0 bridgehead atoms. The van der Waals surface area contributed by atoms with Crippen LogP contribution in [0.3, 0.4) is 0 Å². The molecule has 4 rings (SSSR count). The zero-order chi connectivity index (χ0) is 18.3. The van der Waals surface area contributed by atoms with Crippen molar-refractivity contribution in [1.82, 2.24) is 4.57 Å². The summed E-state index contributed by atoms with van der Waals surface area (Å²) < 4.78 is 47.6. The van der Waals surface area contributed by atoms with Gasteiger partial charge in [-0.05, 0) is 47.7 Å². The summed E-state index contributed by atoms with van der Waals surface area (Å²) >= 11 is 0. The van der Waals surface area contributed by atoms with Crippen LogP contribution in [-0.2, 0) is 6.54 Å². The summed E-state index contributed by atoms with van der Waals surface area (Å²) in [5.41, 5.74) is 2.72. The molecule has 1 heterocycles. The maximum Gasteiger partial charge on any atom is 0.573 e. The van der Waals surface area contributed by atoms with Crippen molar-refractivity contribution < 1.29 is 22.3 Å². The first-order valence-electron chi connectivity index (χ1n) is 8.39. The Kier molecular flexibility index (Phi) is 4.01. The van der Waals surface area contributed by atoms with Crippen LogP contribution in [0.2, 0.25) is 0 Å². The quantitative estimate of drug-likeness (QED) is 0.644. The second kappa shape index (κ2) is 6.23. The minimum atomic E-state index is -4.71. The number of halogens is 3. The topological polar surface area (TPSA) is 44.4 Å². The molecule has 1 aliphatic carbocycles. The molecule has 0 N–H and O–H groups in total. The molecule has 0 unspecified atom stereocenters. The van der Waals surface area contributed by atoms with E-state index < -0.39 is 6.36 Å². The predicted octanol–water partition coefficient (Wildman–Crippen LogP) is 4.96. The molecular weight excluding hydrogens is 347 g/mol. The van der Waals surface area contributed by atoms with E-state index in [1.807, 2.05) is 6.07 Å². The lowest BCUT2D eigenvalue weighted by Gasteiger charge is -2.09. The molecule has 0 radical (unpaired) electrons. The minimum absolute atomic E-state index is 0.271. The Balaban J connectivity index is 1.63. The van der Waals surface area contributed by atoms with Gasteiger partial charge in [0, 0.05) is 6.54 Å². The lowest BCUT2D eigenvalue weighted by atomic mass is 10.1. The maximum absolute atomic E-state index is 12.3. The highest BCUT2D eigenvalue weighted by molar-refractivity contribution is 5.80. The molecule has 1 aliphatic rings. The molecule has 136 valence electrons. The lowest BCUT2D eigenvalue weighted by Crippen LogP contribution is -2.16. The minimum Gasteiger partial charge on any atom is -0.408 e. The van der Waals surface area contributed by atoms with Gasteiger partial charge in [-0.2, -0.15) is 0 Å². The Morgan fingerprint density at radius 1 is 1.08 bits per heavy atom. The van der Waals surface area contributed by atoms with Crippen molar-refractivity contribution in [3.05, 3.63) is 53.0 Å². The number of rotatable bonds is 5. The molecule has 1 aromatic heterocycles. The number of aryl methyl sites for hydroxylation is 1. The fraction of sp³-hybridized carbons (Fsp3) is 0.316. The fourth-order valence-electron chi connectivity index (χ4n) is 3.02. The summed E-state index contributed by atoms with van der Waals surface area (Å²) in [4.78, 5) is 12.1. The standard InChI is InChI=1S/C19H16F3NO3/c20-19(21,22)26-15-6-3-13(4-7-15)14-5-8-17-16(11-14)23(18(24)25-17)10-9-12-1-2-12/h3-8,11-12H,1-2,9-10H2. The third kappa shape index (κ3) is 3.61. The van der Waals surface area contributed by atoms with Gasteiger partial charge in [0.2, 0.25) is 0 Å². The average Bonchev–Trinajstić information content (AvgIpc) is 3.35. The van der Waals surface area contributed by atoms with E-state index in [4.69, 9.17) is 4.42 Å². The van der Waals surface area contributed by atoms with Crippen LogP contribution in [0.1, 0.15) is 19.3 Å². The summed E-state index contributed by atoms with van der Waals surface area (Å²) in [7, 11) is 0. The van der Waals surface area contributed by atoms with Crippen LogP contribution in [0.5, 0.6) is 5.75 Å². The van der Waals surface area contributed by atoms with Gasteiger partial charge in [-0.25, -0.2) is 4.79 Å². The Morgan fingerprint density at radius 3 is 2.42 bits per heavy atom. The van der Waals surface area contributed by atoms with Gasteiger partial charge in [0.15, 0.2) is 5.58 Å². The summed E-state index contributed by atoms with van der Waals surface area (Å²) in [6.45, 7) is 0.609. The van der Waals surface area contributed by atoms with Gasteiger partial charge >= 0.3 is 12.1 Å². The van der Waals surface area contributed by atoms with Gasteiger partial charge in [-0.15, -0.1) is 13.2 Å². The first-order valence-corrected chi connectivity index (χ1v) is 8.39. The molecule has 0 saturated heterocycles. The van der Waals surface area contributed by atoms with Gasteiger partial charge < -0.3 is 9.15 Å². The van der Waals surface area contributed by atoms with E-state index in [1.165, 1.54) is 25.0 Å². The van der Waals surface area contributed by atoms with Gasteiger partial charge in [-0.3, -0.25) is 4.57 Å². The Labute approximate surface area is 146 Å². The zero-order valence-corrected chi connectivity index (χ0v) is 13.8. The van der Waals surface area contributed by atoms with Crippen LogP contribution >= 0.6 is 0 Å². The van der Waals surface area contributed by atoms with Crippen molar-refractivity contribution in [2.24, 2.45) is 5.92 Å². The number of nitrogens with zero attached hydrogens (tertiary/aromatic N) is 1.